The van der Waals surface area contributed by atoms with Crippen molar-refractivity contribution in [2.45, 2.75) is 38.5 Å². The van der Waals surface area contributed by atoms with Gasteiger partial charge < -0.3 is 24.7 Å². The molecule has 0 radical (unpaired) electrons. The van der Waals surface area contributed by atoms with E-state index >= 15 is 0 Å². The lowest BCUT2D eigenvalue weighted by molar-refractivity contribution is -0.135. The Morgan fingerprint density at radius 1 is 1.25 bits per heavy atom. The Balaban J connectivity index is 1.80. The van der Waals surface area contributed by atoms with Gasteiger partial charge in [0.2, 0.25) is 0 Å². The van der Waals surface area contributed by atoms with Crippen LogP contribution in [0.5, 0.6) is 11.5 Å². The Morgan fingerprint density at radius 2 is 2.00 bits per heavy atom. The molecule has 1 aliphatic rings. The molecule has 1 saturated carbocycles. The van der Waals surface area contributed by atoms with Crippen molar-refractivity contribution in [1.82, 2.24) is 5.32 Å². The number of hydrogen-bond acceptors (Lipinski definition) is 6. The number of carbonyl (C=O) groups excluding carboxylic acids is 1. The van der Waals surface area contributed by atoms with Gasteiger partial charge in [-0.1, -0.05) is 31.7 Å². The van der Waals surface area contributed by atoms with Gasteiger partial charge in [-0.05, 0) is 30.9 Å². The molecule has 0 spiro atoms. The number of aromatic hydroxyl groups is 1. The molecule has 1 aliphatic carbocycles. The van der Waals surface area contributed by atoms with E-state index in [1.165, 1.54) is 31.7 Å². The van der Waals surface area contributed by atoms with Gasteiger partial charge in [-0.2, -0.15) is 0 Å². The van der Waals surface area contributed by atoms with Crippen molar-refractivity contribution in [3.63, 3.8) is 0 Å². The highest BCUT2D eigenvalue weighted by Gasteiger charge is 2.23. The number of fused-ring (bicyclic) bond motifs is 1. The van der Waals surface area contributed by atoms with Crippen LogP contribution in [0.3, 0.4) is 0 Å². The number of benzene rings is 1. The van der Waals surface area contributed by atoms with E-state index in [-0.39, 0.29) is 11.0 Å². The fourth-order valence-electron chi connectivity index (χ4n) is 3.62. The van der Waals surface area contributed by atoms with Crippen molar-refractivity contribution in [3.05, 3.63) is 34.2 Å². The monoisotopic (exact) mass is 389 g/mol. The Bertz CT molecular complexity index is 928. The molecule has 0 atom stereocenters. The zero-order valence-corrected chi connectivity index (χ0v) is 15.4. The average molecular weight is 389 g/mol. The number of carbonyl (C=O) groups is 2. The zero-order valence-electron chi connectivity index (χ0n) is 15.4. The summed E-state index contributed by atoms with van der Waals surface area (Å²) in [4.78, 5) is 34.8. The van der Waals surface area contributed by atoms with Crippen molar-refractivity contribution in [3.8, 4) is 11.5 Å². The molecule has 3 N–H and O–H groups in total. The van der Waals surface area contributed by atoms with Gasteiger partial charge in [0.1, 0.15) is 23.3 Å². The van der Waals surface area contributed by atoms with Gasteiger partial charge in [0.05, 0.1) is 6.61 Å². The van der Waals surface area contributed by atoms with Gasteiger partial charge in [-0.3, -0.25) is 9.59 Å². The maximum atomic E-state index is 12.1. The summed E-state index contributed by atoms with van der Waals surface area (Å²) in [6.07, 6.45) is 7.03. The van der Waals surface area contributed by atoms with Crippen LogP contribution in [-0.4, -0.2) is 35.2 Å². The highest BCUT2D eigenvalue weighted by atomic mass is 16.5. The third-order valence-corrected chi connectivity index (χ3v) is 4.98. The second kappa shape index (κ2) is 8.77. The quantitative estimate of drug-likeness (QED) is 0.468. The summed E-state index contributed by atoms with van der Waals surface area (Å²) in [5.74, 6) is -1.83. The minimum absolute atomic E-state index is 0.0885. The van der Waals surface area contributed by atoms with Crippen LogP contribution in [0.15, 0.2) is 27.4 Å². The summed E-state index contributed by atoms with van der Waals surface area (Å²) in [5.41, 5.74) is -1.60. The lowest BCUT2D eigenvalue weighted by Crippen LogP contribution is -2.32. The van der Waals surface area contributed by atoms with E-state index in [1.807, 2.05) is 5.32 Å². The maximum Gasteiger partial charge on any atom is 0.353 e. The summed E-state index contributed by atoms with van der Waals surface area (Å²) in [7, 11) is 0. The van der Waals surface area contributed by atoms with Gasteiger partial charge in [0.25, 0.3) is 5.91 Å². The van der Waals surface area contributed by atoms with Gasteiger partial charge >= 0.3 is 11.6 Å². The highest BCUT2D eigenvalue weighted by molar-refractivity contribution is 6.03. The second-order valence-corrected chi connectivity index (χ2v) is 6.96. The van der Waals surface area contributed by atoms with E-state index in [9.17, 15) is 19.5 Å². The molecule has 1 aromatic carbocycles. The molecule has 0 unspecified atom stereocenters. The Hall–Kier alpha value is -3.03. The highest BCUT2D eigenvalue weighted by Crippen LogP contribution is 2.35. The van der Waals surface area contributed by atoms with Gasteiger partial charge in [0, 0.05) is 0 Å². The minimum Gasteiger partial charge on any atom is -0.506 e. The third kappa shape index (κ3) is 4.44. The number of hydrogen-bond donors (Lipinski definition) is 3. The molecule has 1 aromatic heterocycles. The van der Waals surface area contributed by atoms with Crippen LogP contribution in [0.4, 0.5) is 0 Å². The van der Waals surface area contributed by atoms with E-state index in [2.05, 4.69) is 0 Å². The molecule has 0 aliphatic heterocycles. The van der Waals surface area contributed by atoms with Crippen LogP contribution >= 0.6 is 0 Å². The van der Waals surface area contributed by atoms with Crippen molar-refractivity contribution in [2.75, 3.05) is 13.2 Å². The molecule has 150 valence electrons. The number of rotatable bonds is 8. The van der Waals surface area contributed by atoms with E-state index in [0.29, 0.717) is 12.4 Å². The smallest absolute Gasteiger partial charge is 0.353 e. The van der Waals surface area contributed by atoms with Crippen LogP contribution in [-0.2, 0) is 4.79 Å². The fraction of sp³-hybridized carbons (Fsp3) is 0.450. The zero-order chi connectivity index (χ0) is 20.1. The number of carboxylic acids is 1. The lowest BCUT2D eigenvalue weighted by atomic mass is 10.0. The molecule has 8 heteroatoms. The summed E-state index contributed by atoms with van der Waals surface area (Å²) in [6.45, 7) is -0.246. The van der Waals surface area contributed by atoms with Crippen LogP contribution in [0.2, 0.25) is 0 Å². The van der Waals surface area contributed by atoms with Crippen molar-refractivity contribution < 1.29 is 29.0 Å². The predicted octanol–water partition coefficient (Wildman–Crippen LogP) is 2.66. The molecule has 3 rings (SSSR count). The van der Waals surface area contributed by atoms with Crippen LogP contribution in [0.1, 0.15) is 48.9 Å². The molecule has 8 nitrogen and oxygen atoms in total. The molecule has 1 fully saturated rings. The normalized spacial score (nSPS) is 14.3. The first kappa shape index (κ1) is 19.7. The molecule has 2 aromatic rings. The minimum atomic E-state index is -1.27. The third-order valence-electron chi connectivity index (χ3n) is 4.98. The molecular formula is C20H23NO7. The molecule has 0 bridgehead atoms. The second-order valence-electron chi connectivity index (χ2n) is 6.96. The number of nitrogens with one attached hydrogen (secondary N) is 1. The van der Waals surface area contributed by atoms with Gasteiger partial charge in [-0.25, -0.2) is 4.79 Å². The van der Waals surface area contributed by atoms with E-state index in [1.54, 1.807) is 12.1 Å². The summed E-state index contributed by atoms with van der Waals surface area (Å²) in [6, 6.07) is 4.73. The molecule has 1 amide bonds. The van der Waals surface area contributed by atoms with Crippen molar-refractivity contribution in [2.24, 2.45) is 5.92 Å². The number of ether oxygens (including phenoxy) is 1. The van der Waals surface area contributed by atoms with Crippen molar-refractivity contribution >= 4 is 22.8 Å². The van der Waals surface area contributed by atoms with Crippen LogP contribution < -0.4 is 15.7 Å². The molecule has 0 saturated heterocycles. The van der Waals surface area contributed by atoms with Crippen molar-refractivity contribution in [1.29, 1.82) is 0 Å². The standard InChI is InChI=1S/C20H23NO7/c22-15(23)11-21-19(25)17-18(24)16-13(8-3-9-14(16)28-20(17)26)27-10-4-7-12-5-1-2-6-12/h3,8-9,12,24H,1-2,4-7,10-11H2,(H,21,25)(H,22,23). The van der Waals surface area contributed by atoms with E-state index in [4.69, 9.17) is 14.3 Å². The molecule has 1 heterocycles. The van der Waals surface area contributed by atoms with Gasteiger partial charge in [0.15, 0.2) is 11.3 Å². The molecule has 28 heavy (non-hydrogen) atoms. The number of aliphatic carboxylic acids is 1. The Labute approximate surface area is 161 Å². The SMILES string of the molecule is O=C(O)CNC(=O)c1c(O)c2c(OCCCC3CCCC3)cccc2oc1=O. The van der Waals surface area contributed by atoms with Crippen LogP contribution in [0.25, 0.3) is 11.0 Å². The van der Waals surface area contributed by atoms with Gasteiger partial charge in [-0.15, -0.1) is 0 Å². The maximum absolute atomic E-state index is 12.1. The first-order chi connectivity index (χ1) is 13.5. The fourth-order valence-corrected chi connectivity index (χ4v) is 3.62. The van der Waals surface area contributed by atoms with E-state index < -0.39 is 35.4 Å². The Morgan fingerprint density at radius 3 is 2.71 bits per heavy atom. The summed E-state index contributed by atoms with van der Waals surface area (Å²) >= 11 is 0. The number of carboxylic acid groups (broad SMARTS) is 1. The first-order valence-corrected chi connectivity index (χ1v) is 9.39. The first-order valence-electron chi connectivity index (χ1n) is 9.39. The predicted molar refractivity (Wildman–Crippen MR) is 101 cm³/mol. The lowest BCUT2D eigenvalue weighted by Gasteiger charge is -2.13. The summed E-state index contributed by atoms with van der Waals surface area (Å²) < 4.78 is 10.9. The largest absolute Gasteiger partial charge is 0.506 e. The summed E-state index contributed by atoms with van der Waals surface area (Å²) in [5, 5.41) is 21.4. The average Bonchev–Trinajstić information content (AvgIpc) is 3.16. The van der Waals surface area contributed by atoms with E-state index in [0.717, 1.165) is 18.8 Å². The topological polar surface area (TPSA) is 126 Å². The Kier molecular flexibility index (Phi) is 6.18. The molecular weight excluding hydrogens is 366 g/mol. The van der Waals surface area contributed by atoms with Crippen LogP contribution in [0, 0.1) is 5.92 Å². The number of amides is 1.